The van der Waals surface area contributed by atoms with Crippen molar-refractivity contribution in [2.24, 2.45) is 5.84 Å². The second-order valence-corrected chi connectivity index (χ2v) is 3.96. The lowest BCUT2D eigenvalue weighted by Gasteiger charge is -2.09. The van der Waals surface area contributed by atoms with Crippen molar-refractivity contribution >= 4 is 23.5 Å². The summed E-state index contributed by atoms with van der Waals surface area (Å²) in [7, 11) is 2.86. The quantitative estimate of drug-likeness (QED) is 0.249. The molecular weight excluding hydrogens is 244 g/mol. The SMILES string of the molecule is COC(=O)CCSc1ncnc(NN)c1OC. The Bertz CT molecular complexity index is 389. The van der Waals surface area contributed by atoms with Gasteiger partial charge in [-0.2, -0.15) is 0 Å². The summed E-state index contributed by atoms with van der Waals surface area (Å²) >= 11 is 1.37. The third-order valence-corrected chi connectivity index (χ3v) is 2.86. The van der Waals surface area contributed by atoms with Crippen molar-refractivity contribution < 1.29 is 14.3 Å². The maximum Gasteiger partial charge on any atom is 0.306 e. The lowest BCUT2D eigenvalue weighted by molar-refractivity contribution is -0.140. The second-order valence-electron chi connectivity index (χ2n) is 2.88. The number of nitrogens with two attached hydrogens (primary N) is 1. The van der Waals surface area contributed by atoms with Crippen molar-refractivity contribution in [2.45, 2.75) is 11.4 Å². The lowest BCUT2D eigenvalue weighted by atomic mass is 10.5. The standard InChI is InChI=1S/C9H14N4O3S/c1-15-6(14)3-4-17-9-7(16-2)8(13-10)11-5-12-9/h5H,3-4,10H2,1-2H3,(H,11,12,13). The van der Waals surface area contributed by atoms with Gasteiger partial charge in [0, 0.05) is 5.75 Å². The second kappa shape index (κ2) is 6.92. The highest BCUT2D eigenvalue weighted by atomic mass is 32.2. The number of thioether (sulfide) groups is 1. The van der Waals surface area contributed by atoms with Gasteiger partial charge < -0.3 is 14.9 Å². The molecular formula is C9H14N4O3S. The Morgan fingerprint density at radius 3 is 2.88 bits per heavy atom. The molecule has 0 saturated heterocycles. The number of esters is 1. The minimum Gasteiger partial charge on any atom is -0.490 e. The minimum atomic E-state index is -0.261. The van der Waals surface area contributed by atoms with Gasteiger partial charge in [-0.15, -0.1) is 11.8 Å². The van der Waals surface area contributed by atoms with Crippen LogP contribution in [0.3, 0.4) is 0 Å². The van der Waals surface area contributed by atoms with Crippen LogP contribution in [0.2, 0.25) is 0 Å². The van der Waals surface area contributed by atoms with Crippen LogP contribution in [0.5, 0.6) is 5.75 Å². The highest BCUT2D eigenvalue weighted by Gasteiger charge is 2.12. The first-order chi connectivity index (χ1) is 8.22. The van der Waals surface area contributed by atoms with Gasteiger partial charge in [0.05, 0.1) is 20.6 Å². The molecule has 0 aromatic carbocycles. The number of carbonyl (C=O) groups is 1. The number of aromatic nitrogens is 2. The highest BCUT2D eigenvalue weighted by Crippen LogP contribution is 2.31. The van der Waals surface area contributed by atoms with Gasteiger partial charge >= 0.3 is 5.97 Å². The van der Waals surface area contributed by atoms with E-state index in [2.05, 4.69) is 20.1 Å². The zero-order valence-electron chi connectivity index (χ0n) is 9.60. The Morgan fingerprint density at radius 1 is 1.53 bits per heavy atom. The van der Waals surface area contributed by atoms with E-state index in [9.17, 15) is 4.79 Å². The van der Waals surface area contributed by atoms with E-state index in [0.29, 0.717) is 28.8 Å². The van der Waals surface area contributed by atoms with Crippen molar-refractivity contribution in [3.05, 3.63) is 6.33 Å². The van der Waals surface area contributed by atoms with Crippen molar-refractivity contribution in [1.29, 1.82) is 0 Å². The summed E-state index contributed by atoms with van der Waals surface area (Å²) in [6.45, 7) is 0. The van der Waals surface area contributed by atoms with E-state index in [1.54, 1.807) is 0 Å². The Balaban J connectivity index is 2.67. The van der Waals surface area contributed by atoms with Gasteiger partial charge in [0.25, 0.3) is 0 Å². The van der Waals surface area contributed by atoms with E-state index in [0.717, 1.165) is 0 Å². The van der Waals surface area contributed by atoms with Gasteiger partial charge in [-0.05, 0) is 0 Å². The molecule has 0 amide bonds. The van der Waals surface area contributed by atoms with E-state index in [4.69, 9.17) is 10.6 Å². The first-order valence-corrected chi connectivity index (χ1v) is 5.76. The lowest BCUT2D eigenvalue weighted by Crippen LogP contribution is -2.11. The monoisotopic (exact) mass is 258 g/mol. The fourth-order valence-corrected chi connectivity index (χ4v) is 1.98. The number of ether oxygens (including phenoxy) is 2. The van der Waals surface area contributed by atoms with E-state index in [1.165, 1.54) is 32.3 Å². The predicted octanol–water partition coefficient (Wildman–Crippen LogP) is 0.426. The molecule has 3 N–H and O–H groups in total. The summed E-state index contributed by atoms with van der Waals surface area (Å²) in [5, 5.41) is 0.624. The fraction of sp³-hybridized carbons (Fsp3) is 0.444. The van der Waals surface area contributed by atoms with Crippen LogP contribution in [0.25, 0.3) is 0 Å². The van der Waals surface area contributed by atoms with Gasteiger partial charge in [-0.25, -0.2) is 15.8 Å². The number of nitrogens with zero attached hydrogens (tertiary/aromatic N) is 2. The topological polar surface area (TPSA) is 99.4 Å². The molecule has 0 fully saturated rings. The maximum absolute atomic E-state index is 10.9. The van der Waals surface area contributed by atoms with Crippen LogP contribution in [-0.4, -0.2) is 35.9 Å². The molecule has 17 heavy (non-hydrogen) atoms. The van der Waals surface area contributed by atoms with Gasteiger partial charge in [0.15, 0.2) is 11.6 Å². The van der Waals surface area contributed by atoms with Crippen LogP contribution in [0, 0.1) is 0 Å². The average molecular weight is 258 g/mol. The normalized spacial score (nSPS) is 9.82. The number of carbonyl (C=O) groups excluding carboxylic acids is 1. The number of anilines is 1. The molecule has 0 aliphatic rings. The fourth-order valence-electron chi connectivity index (χ4n) is 1.08. The molecule has 1 rings (SSSR count). The Labute approximate surface area is 103 Å². The van der Waals surface area contributed by atoms with Crippen molar-refractivity contribution in [1.82, 2.24) is 9.97 Å². The molecule has 1 aromatic rings. The van der Waals surface area contributed by atoms with Gasteiger partial charge in [-0.3, -0.25) is 4.79 Å². The van der Waals surface area contributed by atoms with Crippen molar-refractivity contribution in [2.75, 3.05) is 25.4 Å². The van der Waals surface area contributed by atoms with Crippen LogP contribution >= 0.6 is 11.8 Å². The number of hydrogen-bond acceptors (Lipinski definition) is 8. The maximum atomic E-state index is 10.9. The van der Waals surface area contributed by atoms with Crippen LogP contribution in [0.15, 0.2) is 11.4 Å². The van der Waals surface area contributed by atoms with E-state index < -0.39 is 0 Å². The Hall–Kier alpha value is -1.54. The van der Waals surface area contributed by atoms with Gasteiger partial charge in [0.1, 0.15) is 11.4 Å². The number of methoxy groups -OCH3 is 2. The van der Waals surface area contributed by atoms with Gasteiger partial charge in [-0.1, -0.05) is 0 Å². The first kappa shape index (κ1) is 13.5. The first-order valence-electron chi connectivity index (χ1n) is 4.78. The molecule has 1 aromatic heterocycles. The van der Waals surface area contributed by atoms with Crippen molar-refractivity contribution in [3.8, 4) is 5.75 Å². The summed E-state index contributed by atoms with van der Waals surface area (Å²) < 4.78 is 9.69. The molecule has 0 radical (unpaired) electrons. The summed E-state index contributed by atoms with van der Waals surface area (Å²) in [6.07, 6.45) is 1.68. The predicted molar refractivity (Wildman–Crippen MR) is 63.8 cm³/mol. The zero-order chi connectivity index (χ0) is 12.7. The number of hydrogen-bond donors (Lipinski definition) is 2. The molecule has 8 heteroatoms. The Morgan fingerprint density at radius 2 is 2.29 bits per heavy atom. The Kier molecular flexibility index (Phi) is 5.50. The largest absolute Gasteiger partial charge is 0.490 e. The van der Waals surface area contributed by atoms with Crippen LogP contribution < -0.4 is 16.0 Å². The van der Waals surface area contributed by atoms with Crippen LogP contribution in [-0.2, 0) is 9.53 Å². The van der Waals surface area contributed by atoms with Crippen molar-refractivity contribution in [3.63, 3.8) is 0 Å². The average Bonchev–Trinajstić information content (AvgIpc) is 2.37. The number of nitrogens with one attached hydrogen (secondary N) is 1. The number of hydrazine groups is 1. The molecule has 0 atom stereocenters. The molecule has 1 heterocycles. The van der Waals surface area contributed by atoms with E-state index in [1.807, 2.05) is 0 Å². The summed E-state index contributed by atoms with van der Waals surface area (Å²) in [6, 6.07) is 0. The van der Waals surface area contributed by atoms with Crippen LogP contribution in [0.4, 0.5) is 5.82 Å². The molecule has 94 valence electrons. The third kappa shape index (κ3) is 3.75. The van der Waals surface area contributed by atoms with Crippen LogP contribution in [0.1, 0.15) is 6.42 Å². The smallest absolute Gasteiger partial charge is 0.306 e. The van der Waals surface area contributed by atoms with E-state index in [-0.39, 0.29) is 5.97 Å². The zero-order valence-corrected chi connectivity index (χ0v) is 10.4. The summed E-state index contributed by atoms with van der Waals surface area (Å²) in [5.74, 6) is 6.44. The number of rotatable bonds is 6. The molecule has 0 saturated carbocycles. The molecule has 0 aliphatic carbocycles. The summed E-state index contributed by atoms with van der Waals surface area (Å²) in [4.78, 5) is 18.9. The minimum absolute atomic E-state index is 0.261. The molecule has 7 nitrogen and oxygen atoms in total. The molecule has 0 aliphatic heterocycles. The number of nitrogen functional groups attached to an aromatic ring is 1. The van der Waals surface area contributed by atoms with Gasteiger partial charge in [0.2, 0.25) is 0 Å². The highest BCUT2D eigenvalue weighted by molar-refractivity contribution is 7.99. The third-order valence-electron chi connectivity index (χ3n) is 1.88. The molecule has 0 bridgehead atoms. The van der Waals surface area contributed by atoms with E-state index >= 15 is 0 Å². The summed E-state index contributed by atoms with van der Waals surface area (Å²) in [5.41, 5.74) is 2.42. The molecule has 0 unspecified atom stereocenters. The molecule has 0 spiro atoms.